The van der Waals surface area contributed by atoms with Gasteiger partial charge >= 0.3 is 5.97 Å². The van der Waals surface area contributed by atoms with E-state index in [1.165, 1.54) is 7.11 Å². The lowest BCUT2D eigenvalue weighted by Crippen LogP contribution is -2.31. The van der Waals surface area contributed by atoms with Crippen molar-refractivity contribution < 1.29 is 13.7 Å². The van der Waals surface area contributed by atoms with Gasteiger partial charge in [0.25, 0.3) is 0 Å². The first kappa shape index (κ1) is 16.9. The predicted molar refractivity (Wildman–Crippen MR) is 82.9 cm³/mol. The number of carbonyl (C=O) groups is 1. The number of rotatable bonds is 5. The van der Waals surface area contributed by atoms with Gasteiger partial charge in [-0.1, -0.05) is 37.3 Å². The highest BCUT2D eigenvalue weighted by molar-refractivity contribution is 7.86. The van der Waals surface area contributed by atoms with E-state index in [0.717, 1.165) is 5.56 Å². The van der Waals surface area contributed by atoms with Gasteiger partial charge in [-0.2, -0.15) is 0 Å². The Morgan fingerprint density at radius 2 is 1.80 bits per heavy atom. The zero-order valence-corrected chi connectivity index (χ0v) is 13.7. The van der Waals surface area contributed by atoms with E-state index in [9.17, 15) is 9.00 Å². The molecule has 0 unspecified atom stereocenters. The first-order valence-electron chi connectivity index (χ1n) is 6.79. The lowest BCUT2D eigenvalue weighted by Gasteiger charge is -2.30. The first-order chi connectivity index (χ1) is 9.27. The zero-order chi connectivity index (χ0) is 15.3. The lowest BCUT2D eigenvalue weighted by atomic mass is 9.97. The average molecular weight is 296 g/mol. The van der Waals surface area contributed by atoms with Crippen molar-refractivity contribution in [1.29, 1.82) is 0 Å². The van der Waals surface area contributed by atoms with Crippen molar-refractivity contribution in [2.75, 3.05) is 7.11 Å². The summed E-state index contributed by atoms with van der Waals surface area (Å²) in [5.74, 6) is -0.297. The fourth-order valence-electron chi connectivity index (χ4n) is 2.14. The maximum atomic E-state index is 12.8. The molecule has 0 radical (unpaired) electrons. The minimum Gasteiger partial charge on any atom is -0.469 e. The van der Waals surface area contributed by atoms with Crippen molar-refractivity contribution in [2.45, 2.75) is 44.1 Å². The number of carbonyl (C=O) groups excluding carboxylic acids is 1. The van der Waals surface area contributed by atoms with Crippen molar-refractivity contribution in [3.8, 4) is 0 Å². The van der Waals surface area contributed by atoms with Crippen molar-refractivity contribution in [1.82, 2.24) is 0 Å². The molecular weight excluding hydrogens is 272 g/mol. The number of hydrogen-bond donors (Lipinski definition) is 0. The molecule has 0 aromatic heterocycles. The van der Waals surface area contributed by atoms with E-state index in [4.69, 9.17) is 4.74 Å². The van der Waals surface area contributed by atoms with E-state index < -0.39 is 10.8 Å². The summed E-state index contributed by atoms with van der Waals surface area (Å²) in [5.41, 5.74) is 1.01. The van der Waals surface area contributed by atoms with Crippen LogP contribution < -0.4 is 0 Å². The van der Waals surface area contributed by atoms with Gasteiger partial charge in [0.15, 0.2) is 0 Å². The number of methoxy groups -OCH3 is 1. The minimum absolute atomic E-state index is 0.0371. The molecule has 0 saturated heterocycles. The Hall–Kier alpha value is -1.16. The highest BCUT2D eigenvalue weighted by Crippen LogP contribution is 2.35. The van der Waals surface area contributed by atoms with Crippen LogP contribution in [0.3, 0.4) is 0 Å². The zero-order valence-electron chi connectivity index (χ0n) is 12.9. The Kier molecular flexibility index (Phi) is 5.93. The van der Waals surface area contributed by atoms with Crippen LogP contribution >= 0.6 is 0 Å². The molecule has 112 valence electrons. The summed E-state index contributed by atoms with van der Waals surface area (Å²) in [6.07, 6.45) is 0.276. The fraction of sp³-hybridized carbons (Fsp3) is 0.562. The highest BCUT2D eigenvalue weighted by atomic mass is 32.2. The van der Waals surface area contributed by atoms with Crippen molar-refractivity contribution >= 4 is 16.8 Å². The molecule has 0 heterocycles. The first-order valence-corrected chi connectivity index (χ1v) is 8.01. The molecule has 3 atom stereocenters. The van der Waals surface area contributed by atoms with Gasteiger partial charge in [0.2, 0.25) is 0 Å². The fourth-order valence-corrected chi connectivity index (χ4v) is 3.82. The van der Waals surface area contributed by atoms with Crippen LogP contribution in [0.2, 0.25) is 0 Å². The van der Waals surface area contributed by atoms with Crippen LogP contribution in [0.4, 0.5) is 0 Å². The van der Waals surface area contributed by atoms with Crippen molar-refractivity contribution in [2.24, 2.45) is 5.92 Å². The standard InChI is InChI=1S/C16H24O3S/c1-12(11-14(17)19-5)15(20(18)16(2,3)4)13-9-7-6-8-10-13/h6-10,12,15H,11H2,1-5H3/t12-,15+,20-/m0/s1. The van der Waals surface area contributed by atoms with Gasteiger partial charge in [0.05, 0.1) is 12.4 Å². The van der Waals surface area contributed by atoms with Crippen LogP contribution in [0.25, 0.3) is 0 Å². The molecule has 0 N–H and O–H groups in total. The van der Waals surface area contributed by atoms with E-state index in [2.05, 4.69) is 0 Å². The van der Waals surface area contributed by atoms with Crippen LogP contribution in [-0.4, -0.2) is 22.0 Å². The van der Waals surface area contributed by atoms with Gasteiger partial charge in [-0.15, -0.1) is 0 Å². The van der Waals surface area contributed by atoms with Gasteiger partial charge < -0.3 is 4.74 Å². The van der Waals surface area contributed by atoms with Gasteiger partial charge in [0.1, 0.15) is 0 Å². The summed E-state index contributed by atoms with van der Waals surface area (Å²) >= 11 is 0. The van der Waals surface area contributed by atoms with Crippen LogP contribution in [-0.2, 0) is 20.3 Å². The molecule has 1 aromatic carbocycles. The summed E-state index contributed by atoms with van der Waals surface area (Å²) < 4.78 is 17.2. The molecule has 0 saturated carbocycles. The maximum absolute atomic E-state index is 12.8. The van der Waals surface area contributed by atoms with Crippen molar-refractivity contribution in [3.05, 3.63) is 35.9 Å². The monoisotopic (exact) mass is 296 g/mol. The summed E-state index contributed by atoms with van der Waals surface area (Å²) in [6.45, 7) is 7.84. The Balaban J connectivity index is 3.08. The van der Waals surface area contributed by atoms with E-state index >= 15 is 0 Å². The Morgan fingerprint density at radius 3 is 2.25 bits per heavy atom. The molecule has 3 nitrogen and oxygen atoms in total. The molecule has 0 aliphatic heterocycles. The largest absolute Gasteiger partial charge is 0.469 e. The molecule has 0 aliphatic rings. The second-order valence-corrected chi connectivity index (χ2v) is 8.33. The van der Waals surface area contributed by atoms with Crippen LogP contribution in [0, 0.1) is 5.92 Å². The minimum atomic E-state index is -1.08. The third-order valence-corrected chi connectivity index (χ3v) is 5.60. The van der Waals surface area contributed by atoms with Gasteiger partial charge in [0, 0.05) is 22.0 Å². The molecule has 0 amide bonds. The van der Waals surface area contributed by atoms with Gasteiger partial charge in [-0.25, -0.2) is 0 Å². The summed E-state index contributed by atoms with van der Waals surface area (Å²) in [4.78, 5) is 11.5. The SMILES string of the molecule is COC(=O)C[C@H](C)[C@H](c1ccccc1)[S@](=O)C(C)(C)C. The third-order valence-electron chi connectivity index (χ3n) is 3.20. The van der Waals surface area contributed by atoms with E-state index in [1.54, 1.807) is 0 Å². The maximum Gasteiger partial charge on any atom is 0.305 e. The topological polar surface area (TPSA) is 43.4 Å². The molecule has 4 heteroatoms. The predicted octanol–water partition coefficient (Wildman–Crippen LogP) is 3.47. The van der Waals surface area contributed by atoms with Crippen LogP contribution in [0.15, 0.2) is 30.3 Å². The normalized spacial score (nSPS) is 16.2. The summed E-state index contributed by atoms with van der Waals surface area (Å²) in [7, 11) is 0.300. The van der Waals surface area contributed by atoms with E-state index in [0.29, 0.717) is 0 Å². The number of ether oxygens (including phenoxy) is 1. The Morgan fingerprint density at radius 1 is 1.25 bits per heavy atom. The van der Waals surface area contributed by atoms with Gasteiger partial charge in [-0.3, -0.25) is 9.00 Å². The Bertz CT molecular complexity index is 462. The van der Waals surface area contributed by atoms with Crippen molar-refractivity contribution in [3.63, 3.8) is 0 Å². The second-order valence-electron chi connectivity index (χ2n) is 6.00. The second kappa shape index (κ2) is 7.02. The molecule has 0 bridgehead atoms. The van der Waals surface area contributed by atoms with Gasteiger partial charge in [-0.05, 0) is 32.3 Å². The quantitative estimate of drug-likeness (QED) is 0.781. The smallest absolute Gasteiger partial charge is 0.305 e. The number of esters is 1. The molecule has 0 fully saturated rings. The molecule has 0 aliphatic carbocycles. The molecular formula is C16H24O3S. The number of benzene rings is 1. The number of hydrogen-bond acceptors (Lipinski definition) is 3. The lowest BCUT2D eigenvalue weighted by molar-refractivity contribution is -0.141. The molecule has 20 heavy (non-hydrogen) atoms. The van der Waals surface area contributed by atoms with E-state index in [1.807, 2.05) is 58.0 Å². The Labute approximate surface area is 124 Å². The molecule has 1 aromatic rings. The molecule has 0 spiro atoms. The van der Waals surface area contributed by atoms with Crippen LogP contribution in [0.1, 0.15) is 44.9 Å². The highest BCUT2D eigenvalue weighted by Gasteiger charge is 2.34. The average Bonchev–Trinajstić information content (AvgIpc) is 2.38. The summed E-state index contributed by atoms with van der Waals surface area (Å²) in [5, 5.41) is -0.171. The summed E-state index contributed by atoms with van der Waals surface area (Å²) in [6, 6.07) is 9.76. The van der Waals surface area contributed by atoms with Crippen LogP contribution in [0.5, 0.6) is 0 Å². The van der Waals surface area contributed by atoms with E-state index in [-0.39, 0.29) is 28.3 Å². The third kappa shape index (κ3) is 4.44. The molecule has 1 rings (SSSR count).